The van der Waals surface area contributed by atoms with Crippen LogP contribution >= 0.6 is 0 Å². The summed E-state index contributed by atoms with van der Waals surface area (Å²) in [7, 11) is 0. The van der Waals surface area contributed by atoms with Gasteiger partial charge in [0, 0.05) is 30.5 Å². The summed E-state index contributed by atoms with van der Waals surface area (Å²) in [6.07, 6.45) is 0.591. The quantitative estimate of drug-likeness (QED) is 0.683. The molecule has 1 atom stereocenters. The highest BCUT2D eigenvalue weighted by molar-refractivity contribution is 5.52. The Morgan fingerprint density at radius 1 is 1.57 bits per heavy atom. The second-order valence-electron chi connectivity index (χ2n) is 3.79. The van der Waals surface area contributed by atoms with Gasteiger partial charge in [-0.1, -0.05) is 0 Å². The van der Waals surface area contributed by atoms with E-state index in [0.717, 1.165) is 30.2 Å². The highest BCUT2D eigenvalue weighted by Gasteiger charge is 2.21. The maximum absolute atomic E-state index is 9.40. The minimum absolute atomic E-state index is 0.224. The van der Waals surface area contributed by atoms with E-state index in [1.165, 1.54) is 0 Å². The van der Waals surface area contributed by atoms with Crippen LogP contribution in [-0.4, -0.2) is 29.3 Å². The van der Waals surface area contributed by atoms with E-state index >= 15 is 0 Å². The zero-order valence-corrected chi connectivity index (χ0v) is 8.27. The van der Waals surface area contributed by atoms with Gasteiger partial charge in [0.25, 0.3) is 0 Å². The van der Waals surface area contributed by atoms with Gasteiger partial charge >= 0.3 is 0 Å². The van der Waals surface area contributed by atoms with Crippen molar-refractivity contribution in [3.8, 4) is 0 Å². The number of hydrogen-bond donors (Lipinski definition) is 2. The normalized spacial score (nSPS) is 21.6. The SMILES string of the molecule is Cc1cc(N)cc(N2CC[C@H](O)C2)n1. The number of hydrogen-bond acceptors (Lipinski definition) is 4. The lowest BCUT2D eigenvalue weighted by Gasteiger charge is -2.17. The fourth-order valence-electron chi connectivity index (χ4n) is 1.79. The van der Waals surface area contributed by atoms with Crippen LogP contribution in [0.15, 0.2) is 12.1 Å². The second kappa shape index (κ2) is 3.46. The summed E-state index contributed by atoms with van der Waals surface area (Å²) in [6.45, 7) is 3.44. The highest BCUT2D eigenvalue weighted by atomic mass is 16.3. The number of aryl methyl sites for hydroxylation is 1. The number of aliphatic hydroxyl groups is 1. The molecule has 1 aromatic rings. The fourth-order valence-corrected chi connectivity index (χ4v) is 1.79. The van der Waals surface area contributed by atoms with E-state index in [1.807, 2.05) is 19.1 Å². The molecule has 1 saturated heterocycles. The van der Waals surface area contributed by atoms with Gasteiger partial charge in [0.2, 0.25) is 0 Å². The Morgan fingerprint density at radius 2 is 2.36 bits per heavy atom. The number of β-amino-alcohol motifs (C(OH)–C–C–N with tert-alkyl or cyclic N) is 1. The van der Waals surface area contributed by atoms with Crippen LogP contribution in [-0.2, 0) is 0 Å². The van der Waals surface area contributed by atoms with Gasteiger partial charge < -0.3 is 15.7 Å². The molecule has 1 fully saturated rings. The molecule has 0 saturated carbocycles. The van der Waals surface area contributed by atoms with Crippen LogP contribution in [0.4, 0.5) is 11.5 Å². The standard InChI is InChI=1S/C10H15N3O/c1-7-4-8(11)5-10(12-7)13-3-2-9(14)6-13/h4-5,9,14H,2-3,6H2,1H3,(H2,11,12)/t9-/m0/s1. The maximum Gasteiger partial charge on any atom is 0.130 e. The van der Waals surface area contributed by atoms with Crippen molar-refractivity contribution in [2.75, 3.05) is 23.7 Å². The first kappa shape index (κ1) is 9.27. The van der Waals surface area contributed by atoms with Gasteiger partial charge in [-0.05, 0) is 19.4 Å². The predicted octanol–water partition coefficient (Wildman–Crippen LogP) is 0.543. The van der Waals surface area contributed by atoms with Crippen LogP contribution in [0.5, 0.6) is 0 Å². The lowest BCUT2D eigenvalue weighted by Crippen LogP contribution is -2.22. The minimum atomic E-state index is -0.224. The highest BCUT2D eigenvalue weighted by Crippen LogP contribution is 2.20. The molecule has 14 heavy (non-hydrogen) atoms. The summed E-state index contributed by atoms with van der Waals surface area (Å²) in [5, 5.41) is 9.40. The molecule has 0 spiro atoms. The molecule has 4 nitrogen and oxygen atoms in total. The van der Waals surface area contributed by atoms with E-state index in [-0.39, 0.29) is 6.10 Å². The molecule has 0 aliphatic carbocycles. The predicted molar refractivity (Wildman–Crippen MR) is 56.2 cm³/mol. The van der Waals surface area contributed by atoms with Crippen molar-refractivity contribution < 1.29 is 5.11 Å². The van der Waals surface area contributed by atoms with E-state index in [9.17, 15) is 5.11 Å². The van der Waals surface area contributed by atoms with Crippen LogP contribution in [0, 0.1) is 6.92 Å². The topological polar surface area (TPSA) is 62.4 Å². The summed E-state index contributed by atoms with van der Waals surface area (Å²) >= 11 is 0. The zero-order chi connectivity index (χ0) is 10.1. The molecule has 0 amide bonds. The van der Waals surface area contributed by atoms with Crippen LogP contribution in [0.1, 0.15) is 12.1 Å². The first-order valence-corrected chi connectivity index (χ1v) is 4.82. The fraction of sp³-hybridized carbons (Fsp3) is 0.500. The van der Waals surface area contributed by atoms with Crippen LogP contribution < -0.4 is 10.6 Å². The Balaban J connectivity index is 2.23. The third-order valence-corrected chi connectivity index (χ3v) is 2.45. The number of aromatic nitrogens is 1. The Labute approximate surface area is 83.4 Å². The summed E-state index contributed by atoms with van der Waals surface area (Å²) < 4.78 is 0. The molecule has 1 aromatic heterocycles. The first-order valence-electron chi connectivity index (χ1n) is 4.82. The van der Waals surface area contributed by atoms with Crippen molar-refractivity contribution in [1.82, 2.24) is 4.98 Å². The van der Waals surface area contributed by atoms with Gasteiger partial charge in [-0.3, -0.25) is 0 Å². The van der Waals surface area contributed by atoms with Gasteiger partial charge in [0.1, 0.15) is 5.82 Å². The number of nitrogens with two attached hydrogens (primary N) is 1. The van der Waals surface area contributed by atoms with Crippen molar-refractivity contribution in [2.24, 2.45) is 0 Å². The third-order valence-electron chi connectivity index (χ3n) is 2.45. The Kier molecular flexibility index (Phi) is 2.29. The largest absolute Gasteiger partial charge is 0.399 e. The van der Waals surface area contributed by atoms with Crippen molar-refractivity contribution in [1.29, 1.82) is 0 Å². The summed E-state index contributed by atoms with van der Waals surface area (Å²) in [6, 6.07) is 3.70. The third kappa shape index (κ3) is 1.80. The van der Waals surface area contributed by atoms with E-state index in [0.29, 0.717) is 6.54 Å². The first-order chi connectivity index (χ1) is 6.65. The van der Waals surface area contributed by atoms with E-state index in [2.05, 4.69) is 9.88 Å². The number of rotatable bonds is 1. The molecule has 0 bridgehead atoms. The number of pyridine rings is 1. The lowest BCUT2D eigenvalue weighted by molar-refractivity contribution is 0.198. The molecule has 76 valence electrons. The van der Waals surface area contributed by atoms with Gasteiger partial charge in [-0.25, -0.2) is 4.98 Å². The molecule has 1 aliphatic rings. The number of nitrogens with zero attached hydrogens (tertiary/aromatic N) is 2. The lowest BCUT2D eigenvalue weighted by atomic mass is 10.3. The number of nitrogen functional groups attached to an aromatic ring is 1. The molecule has 0 aromatic carbocycles. The van der Waals surface area contributed by atoms with Crippen molar-refractivity contribution in [3.05, 3.63) is 17.8 Å². The molecule has 0 radical (unpaired) electrons. The van der Waals surface area contributed by atoms with Crippen molar-refractivity contribution in [3.63, 3.8) is 0 Å². The molecule has 2 heterocycles. The van der Waals surface area contributed by atoms with Gasteiger partial charge in [0.05, 0.1) is 6.10 Å². The summed E-state index contributed by atoms with van der Waals surface area (Å²) in [4.78, 5) is 6.45. The second-order valence-corrected chi connectivity index (χ2v) is 3.79. The van der Waals surface area contributed by atoms with Crippen LogP contribution in [0.3, 0.4) is 0 Å². The molecule has 4 heteroatoms. The molecular weight excluding hydrogens is 178 g/mol. The van der Waals surface area contributed by atoms with E-state index < -0.39 is 0 Å². The Hall–Kier alpha value is -1.29. The Morgan fingerprint density at radius 3 is 2.93 bits per heavy atom. The molecule has 2 rings (SSSR count). The van der Waals surface area contributed by atoms with Gasteiger partial charge in [-0.15, -0.1) is 0 Å². The average molecular weight is 193 g/mol. The molecular formula is C10H15N3O. The molecule has 3 N–H and O–H groups in total. The summed E-state index contributed by atoms with van der Waals surface area (Å²) in [5.74, 6) is 0.874. The van der Waals surface area contributed by atoms with Crippen molar-refractivity contribution in [2.45, 2.75) is 19.4 Å². The minimum Gasteiger partial charge on any atom is -0.399 e. The Bertz CT molecular complexity index is 320. The summed E-state index contributed by atoms with van der Waals surface area (Å²) in [5.41, 5.74) is 7.38. The van der Waals surface area contributed by atoms with E-state index in [4.69, 9.17) is 5.73 Å². The van der Waals surface area contributed by atoms with Gasteiger partial charge in [0.15, 0.2) is 0 Å². The monoisotopic (exact) mass is 193 g/mol. The number of aliphatic hydroxyl groups excluding tert-OH is 1. The van der Waals surface area contributed by atoms with Crippen LogP contribution in [0.2, 0.25) is 0 Å². The van der Waals surface area contributed by atoms with Crippen LogP contribution in [0.25, 0.3) is 0 Å². The molecule has 0 unspecified atom stereocenters. The average Bonchev–Trinajstić information content (AvgIpc) is 2.50. The smallest absolute Gasteiger partial charge is 0.130 e. The molecule has 1 aliphatic heterocycles. The maximum atomic E-state index is 9.40. The van der Waals surface area contributed by atoms with E-state index in [1.54, 1.807) is 0 Å². The van der Waals surface area contributed by atoms with Crippen molar-refractivity contribution >= 4 is 11.5 Å². The number of anilines is 2. The van der Waals surface area contributed by atoms with Gasteiger partial charge in [-0.2, -0.15) is 0 Å². The zero-order valence-electron chi connectivity index (χ0n) is 8.27.